The Balaban J connectivity index is 1.68. The number of rotatable bonds is 5. The second kappa shape index (κ2) is 8.03. The van der Waals surface area contributed by atoms with Crippen LogP contribution in [-0.2, 0) is 6.61 Å². The van der Waals surface area contributed by atoms with Gasteiger partial charge in [0.1, 0.15) is 6.61 Å². The zero-order valence-corrected chi connectivity index (χ0v) is 15.0. The average Bonchev–Trinajstić information content (AvgIpc) is 2.63. The molecule has 0 bridgehead atoms. The number of benzene rings is 1. The molecule has 0 aliphatic rings. The molecule has 0 fully saturated rings. The summed E-state index contributed by atoms with van der Waals surface area (Å²) in [5, 5.41) is 3.62. The largest absolute Gasteiger partial charge is 0.485 e. The minimum atomic E-state index is -0.304. The second-order valence-corrected chi connectivity index (χ2v) is 6.24. The van der Waals surface area contributed by atoms with E-state index in [9.17, 15) is 4.79 Å². The number of hydrogen-bond donors (Lipinski definition) is 2. The molecule has 0 unspecified atom stereocenters. The standard InChI is InChI=1S/C18H14Cl2N4O2/c19-13-5-12(7-22-8-13)18(25)24-15-3-1-2-11(4-15)10-26-16-6-14(20)9-23-17(16)21/h1-9H,10H2,(H2,21,23)(H,24,25). The Morgan fingerprint density at radius 3 is 2.73 bits per heavy atom. The zero-order valence-electron chi connectivity index (χ0n) is 13.4. The molecule has 2 heterocycles. The summed E-state index contributed by atoms with van der Waals surface area (Å²) in [5.41, 5.74) is 7.59. The van der Waals surface area contributed by atoms with Crippen molar-refractivity contribution in [1.82, 2.24) is 9.97 Å². The van der Waals surface area contributed by atoms with Gasteiger partial charge in [-0.3, -0.25) is 9.78 Å². The van der Waals surface area contributed by atoms with E-state index in [-0.39, 0.29) is 18.3 Å². The fraction of sp³-hybridized carbons (Fsp3) is 0.0556. The van der Waals surface area contributed by atoms with Gasteiger partial charge in [0.2, 0.25) is 0 Å². The summed E-state index contributed by atoms with van der Waals surface area (Å²) in [7, 11) is 0. The molecule has 0 saturated carbocycles. The summed E-state index contributed by atoms with van der Waals surface area (Å²) in [6.07, 6.45) is 4.36. The minimum Gasteiger partial charge on any atom is -0.485 e. The summed E-state index contributed by atoms with van der Waals surface area (Å²) in [5.74, 6) is 0.352. The highest BCUT2D eigenvalue weighted by molar-refractivity contribution is 6.31. The molecular formula is C18H14Cl2N4O2. The van der Waals surface area contributed by atoms with Crippen molar-refractivity contribution in [1.29, 1.82) is 0 Å². The fourth-order valence-electron chi connectivity index (χ4n) is 2.19. The van der Waals surface area contributed by atoms with E-state index < -0.39 is 0 Å². The van der Waals surface area contributed by atoms with Gasteiger partial charge in [-0.15, -0.1) is 0 Å². The number of ether oxygens (including phenoxy) is 1. The lowest BCUT2D eigenvalue weighted by Crippen LogP contribution is -2.12. The topological polar surface area (TPSA) is 90.1 Å². The normalized spacial score (nSPS) is 10.4. The molecule has 1 amide bonds. The third-order valence-electron chi connectivity index (χ3n) is 3.39. The molecule has 0 radical (unpaired) electrons. The maximum atomic E-state index is 12.3. The van der Waals surface area contributed by atoms with E-state index in [0.29, 0.717) is 27.0 Å². The van der Waals surface area contributed by atoms with E-state index in [1.54, 1.807) is 24.3 Å². The van der Waals surface area contributed by atoms with Crippen LogP contribution < -0.4 is 15.8 Å². The molecule has 132 valence electrons. The molecule has 0 aliphatic carbocycles. The number of amides is 1. The van der Waals surface area contributed by atoms with Gasteiger partial charge in [-0.05, 0) is 23.8 Å². The lowest BCUT2D eigenvalue weighted by molar-refractivity contribution is 0.102. The van der Waals surface area contributed by atoms with E-state index >= 15 is 0 Å². The fourth-order valence-corrected chi connectivity index (χ4v) is 2.51. The van der Waals surface area contributed by atoms with Gasteiger partial charge in [0.25, 0.3) is 5.91 Å². The van der Waals surface area contributed by atoms with Gasteiger partial charge in [-0.2, -0.15) is 0 Å². The Morgan fingerprint density at radius 1 is 1.12 bits per heavy atom. The number of nitrogens with one attached hydrogen (secondary N) is 1. The van der Waals surface area contributed by atoms with Crippen LogP contribution in [0.15, 0.2) is 55.0 Å². The molecule has 3 aromatic rings. The smallest absolute Gasteiger partial charge is 0.257 e. The highest BCUT2D eigenvalue weighted by Crippen LogP contribution is 2.24. The Hall–Kier alpha value is -2.83. The molecular weight excluding hydrogens is 375 g/mol. The number of nitrogens with zero attached hydrogens (tertiary/aromatic N) is 2. The van der Waals surface area contributed by atoms with E-state index in [0.717, 1.165) is 5.56 Å². The molecule has 0 spiro atoms. The summed E-state index contributed by atoms with van der Waals surface area (Å²) < 4.78 is 5.65. The maximum absolute atomic E-state index is 12.3. The van der Waals surface area contributed by atoms with Crippen LogP contribution >= 0.6 is 23.2 Å². The van der Waals surface area contributed by atoms with Gasteiger partial charge in [-0.25, -0.2) is 4.98 Å². The zero-order chi connectivity index (χ0) is 18.5. The Kier molecular flexibility index (Phi) is 5.55. The first kappa shape index (κ1) is 18.0. The van der Waals surface area contributed by atoms with E-state index in [2.05, 4.69) is 15.3 Å². The van der Waals surface area contributed by atoms with E-state index in [1.165, 1.54) is 18.6 Å². The maximum Gasteiger partial charge on any atom is 0.257 e. The second-order valence-electron chi connectivity index (χ2n) is 5.37. The van der Waals surface area contributed by atoms with Gasteiger partial charge in [0.15, 0.2) is 11.6 Å². The van der Waals surface area contributed by atoms with Gasteiger partial charge in [-0.1, -0.05) is 35.3 Å². The van der Waals surface area contributed by atoms with Gasteiger partial charge >= 0.3 is 0 Å². The molecule has 8 heteroatoms. The third-order valence-corrected chi connectivity index (χ3v) is 3.81. The number of carbonyl (C=O) groups excluding carboxylic acids is 1. The molecule has 0 aliphatic heterocycles. The number of anilines is 2. The number of nitrogen functional groups attached to an aromatic ring is 1. The summed E-state index contributed by atoms with van der Waals surface area (Å²) in [6, 6.07) is 10.4. The van der Waals surface area contributed by atoms with Crippen LogP contribution in [0.3, 0.4) is 0 Å². The monoisotopic (exact) mass is 388 g/mol. The van der Waals surface area contributed by atoms with Crippen LogP contribution in [0.5, 0.6) is 5.75 Å². The Morgan fingerprint density at radius 2 is 1.92 bits per heavy atom. The average molecular weight is 389 g/mol. The highest BCUT2D eigenvalue weighted by Gasteiger charge is 2.08. The molecule has 26 heavy (non-hydrogen) atoms. The summed E-state index contributed by atoms with van der Waals surface area (Å²) >= 11 is 11.7. The number of hydrogen-bond acceptors (Lipinski definition) is 5. The van der Waals surface area contributed by atoms with Crippen molar-refractivity contribution >= 4 is 40.6 Å². The first-order valence-electron chi connectivity index (χ1n) is 7.56. The van der Waals surface area contributed by atoms with Crippen molar-refractivity contribution in [3.05, 3.63) is 76.2 Å². The first-order chi connectivity index (χ1) is 12.5. The van der Waals surface area contributed by atoms with Crippen LogP contribution in [0, 0.1) is 0 Å². The SMILES string of the molecule is Nc1ncc(Cl)cc1OCc1cccc(NC(=O)c2cncc(Cl)c2)c1. The molecule has 0 saturated heterocycles. The van der Waals surface area contributed by atoms with Crippen molar-refractivity contribution < 1.29 is 9.53 Å². The summed E-state index contributed by atoms with van der Waals surface area (Å²) in [4.78, 5) is 20.1. The molecule has 3 N–H and O–H groups in total. The molecule has 0 atom stereocenters. The third kappa shape index (κ3) is 4.62. The molecule has 6 nitrogen and oxygen atoms in total. The van der Waals surface area contributed by atoms with Crippen LogP contribution in [-0.4, -0.2) is 15.9 Å². The van der Waals surface area contributed by atoms with Crippen LogP contribution in [0.1, 0.15) is 15.9 Å². The predicted octanol–water partition coefficient (Wildman–Crippen LogP) is 4.20. The van der Waals surface area contributed by atoms with Gasteiger partial charge < -0.3 is 15.8 Å². The molecule has 3 rings (SSSR count). The van der Waals surface area contributed by atoms with Crippen molar-refractivity contribution in [3.63, 3.8) is 0 Å². The number of nitrogens with two attached hydrogens (primary N) is 1. The molecule has 2 aromatic heterocycles. The molecule has 1 aromatic carbocycles. The van der Waals surface area contributed by atoms with Crippen LogP contribution in [0.25, 0.3) is 0 Å². The minimum absolute atomic E-state index is 0.245. The van der Waals surface area contributed by atoms with Gasteiger partial charge in [0, 0.05) is 30.3 Å². The van der Waals surface area contributed by atoms with E-state index in [1.807, 2.05) is 12.1 Å². The lowest BCUT2D eigenvalue weighted by atomic mass is 10.2. The predicted molar refractivity (Wildman–Crippen MR) is 102 cm³/mol. The Labute approximate surface area is 159 Å². The van der Waals surface area contributed by atoms with Crippen molar-refractivity contribution in [2.45, 2.75) is 6.61 Å². The van der Waals surface area contributed by atoms with Crippen LogP contribution in [0.2, 0.25) is 10.0 Å². The first-order valence-corrected chi connectivity index (χ1v) is 8.31. The van der Waals surface area contributed by atoms with Crippen molar-refractivity contribution in [2.24, 2.45) is 0 Å². The quantitative estimate of drug-likeness (QED) is 0.683. The van der Waals surface area contributed by atoms with Crippen molar-refractivity contribution in [3.8, 4) is 5.75 Å². The number of halogens is 2. The van der Waals surface area contributed by atoms with E-state index in [4.69, 9.17) is 33.7 Å². The number of aromatic nitrogens is 2. The highest BCUT2D eigenvalue weighted by atomic mass is 35.5. The van der Waals surface area contributed by atoms with Crippen LogP contribution in [0.4, 0.5) is 11.5 Å². The van der Waals surface area contributed by atoms with Gasteiger partial charge in [0.05, 0.1) is 15.6 Å². The summed E-state index contributed by atoms with van der Waals surface area (Å²) in [6.45, 7) is 0.245. The number of pyridine rings is 2. The Bertz CT molecular complexity index is 950. The van der Waals surface area contributed by atoms with Crippen molar-refractivity contribution in [2.75, 3.05) is 11.1 Å². The number of carbonyl (C=O) groups is 1. The lowest BCUT2D eigenvalue weighted by Gasteiger charge is -2.10.